The number of allylic oxidation sites excluding steroid dienone is 1. The lowest BCUT2D eigenvalue weighted by molar-refractivity contribution is 0.355. The minimum Gasteiger partial charge on any atom is -0.493 e. The van der Waals surface area contributed by atoms with E-state index in [1.807, 2.05) is 22.9 Å². The molecule has 0 aliphatic carbocycles. The number of nitriles is 1. The molecule has 1 aromatic carbocycles. The van der Waals surface area contributed by atoms with Crippen molar-refractivity contribution in [1.29, 1.82) is 5.26 Å². The number of benzene rings is 1. The third kappa shape index (κ3) is 3.69. The molecule has 0 saturated carbocycles. The Labute approximate surface area is 158 Å². The van der Waals surface area contributed by atoms with E-state index in [2.05, 4.69) is 11.1 Å². The Bertz CT molecular complexity index is 956. The van der Waals surface area contributed by atoms with Crippen LogP contribution in [0.25, 0.3) is 22.2 Å². The van der Waals surface area contributed by atoms with E-state index in [9.17, 15) is 5.26 Å². The van der Waals surface area contributed by atoms with Crippen molar-refractivity contribution < 1.29 is 9.47 Å². The normalized spacial score (nSPS) is 11.2. The molecular weight excluding hydrogens is 376 g/mol. The summed E-state index contributed by atoms with van der Waals surface area (Å²) in [5.74, 6) is 0.978. The maximum atomic E-state index is 9.54. The Morgan fingerprint density at radius 1 is 1.28 bits per heavy atom. The number of hydrogen-bond acceptors (Lipinski definition) is 6. The first-order valence-corrected chi connectivity index (χ1v) is 9.33. The van der Waals surface area contributed by atoms with E-state index in [4.69, 9.17) is 21.1 Å². The molecule has 0 bridgehead atoms. The second-order valence-corrected chi connectivity index (χ2v) is 7.14. The smallest absolute Gasteiger partial charge is 0.179 e. The van der Waals surface area contributed by atoms with E-state index in [-0.39, 0.29) is 0 Å². The van der Waals surface area contributed by atoms with Crippen LogP contribution in [0.15, 0.2) is 35.0 Å². The third-order valence-corrected chi connectivity index (χ3v) is 5.44. The van der Waals surface area contributed by atoms with Crippen molar-refractivity contribution >= 4 is 45.9 Å². The number of thiazole rings is 1. The van der Waals surface area contributed by atoms with Crippen molar-refractivity contribution in [3.63, 3.8) is 0 Å². The van der Waals surface area contributed by atoms with Crippen LogP contribution in [0.2, 0.25) is 5.02 Å². The number of nitrogens with zero attached hydrogens (tertiary/aromatic N) is 2. The summed E-state index contributed by atoms with van der Waals surface area (Å²) in [7, 11) is 3.07. The first kappa shape index (κ1) is 17.5. The van der Waals surface area contributed by atoms with Gasteiger partial charge in [-0.25, -0.2) is 4.98 Å². The molecule has 0 fully saturated rings. The van der Waals surface area contributed by atoms with Gasteiger partial charge in [0.25, 0.3) is 0 Å². The van der Waals surface area contributed by atoms with Crippen LogP contribution < -0.4 is 9.47 Å². The van der Waals surface area contributed by atoms with Gasteiger partial charge < -0.3 is 9.47 Å². The maximum absolute atomic E-state index is 9.54. The average molecular weight is 389 g/mol. The highest BCUT2D eigenvalue weighted by atomic mass is 35.5. The Kier molecular flexibility index (Phi) is 5.39. The summed E-state index contributed by atoms with van der Waals surface area (Å²) in [6.07, 6.45) is 1.74. The molecule has 3 rings (SSSR count). The van der Waals surface area contributed by atoms with Crippen molar-refractivity contribution in [2.75, 3.05) is 14.2 Å². The highest BCUT2D eigenvalue weighted by Crippen LogP contribution is 2.37. The number of aromatic nitrogens is 1. The van der Waals surface area contributed by atoms with Gasteiger partial charge in [0.05, 0.1) is 35.4 Å². The van der Waals surface area contributed by atoms with Crippen LogP contribution >= 0.6 is 34.3 Å². The van der Waals surface area contributed by atoms with Crippen molar-refractivity contribution in [3.8, 4) is 28.1 Å². The van der Waals surface area contributed by atoms with E-state index >= 15 is 0 Å². The molecule has 0 aliphatic rings. The summed E-state index contributed by atoms with van der Waals surface area (Å²) in [6.45, 7) is 0. The van der Waals surface area contributed by atoms with E-state index in [1.54, 1.807) is 36.7 Å². The standard InChI is InChI=1S/C18H13ClN2O2S2/c1-22-15-8-11(7-13(19)17(15)23-2)6-12(9-20)18-21-14(10-25-18)16-4-3-5-24-16/h3-8,10H,1-2H3/b12-6-. The van der Waals surface area contributed by atoms with Crippen LogP contribution in [0.3, 0.4) is 0 Å². The molecule has 0 amide bonds. The summed E-state index contributed by atoms with van der Waals surface area (Å²) in [5.41, 5.74) is 2.09. The predicted octanol–water partition coefficient (Wildman–Crippen LogP) is 5.61. The van der Waals surface area contributed by atoms with E-state index in [0.29, 0.717) is 27.1 Å². The molecule has 0 unspecified atom stereocenters. The van der Waals surface area contributed by atoms with Gasteiger partial charge in [-0.2, -0.15) is 5.26 Å². The lowest BCUT2D eigenvalue weighted by atomic mass is 10.1. The zero-order valence-corrected chi connectivity index (χ0v) is 15.8. The Hall–Kier alpha value is -2.33. The van der Waals surface area contributed by atoms with Gasteiger partial charge >= 0.3 is 0 Å². The molecule has 7 heteroatoms. The lowest BCUT2D eigenvalue weighted by Gasteiger charge is -2.10. The molecule has 126 valence electrons. The van der Waals surface area contributed by atoms with Gasteiger partial charge in [0.15, 0.2) is 11.5 Å². The average Bonchev–Trinajstić information content (AvgIpc) is 3.30. The van der Waals surface area contributed by atoms with Crippen molar-refractivity contribution in [1.82, 2.24) is 4.98 Å². The molecule has 25 heavy (non-hydrogen) atoms. The molecule has 0 spiro atoms. The summed E-state index contributed by atoms with van der Waals surface area (Å²) < 4.78 is 10.5. The number of ether oxygens (including phenoxy) is 2. The molecule has 3 aromatic rings. The number of hydrogen-bond donors (Lipinski definition) is 0. The summed E-state index contributed by atoms with van der Waals surface area (Å²) in [6, 6.07) is 9.70. The number of methoxy groups -OCH3 is 2. The second kappa shape index (κ2) is 7.70. The van der Waals surface area contributed by atoms with Crippen molar-refractivity contribution in [2.45, 2.75) is 0 Å². The van der Waals surface area contributed by atoms with Gasteiger partial charge in [0.1, 0.15) is 11.1 Å². The van der Waals surface area contributed by atoms with E-state index in [0.717, 1.165) is 16.1 Å². The largest absolute Gasteiger partial charge is 0.493 e. The quantitative estimate of drug-likeness (QED) is 0.533. The summed E-state index contributed by atoms with van der Waals surface area (Å²) >= 11 is 9.28. The van der Waals surface area contributed by atoms with Gasteiger partial charge in [-0.05, 0) is 35.2 Å². The zero-order valence-electron chi connectivity index (χ0n) is 13.4. The fraction of sp³-hybridized carbons (Fsp3) is 0.111. The highest BCUT2D eigenvalue weighted by Gasteiger charge is 2.13. The molecule has 4 nitrogen and oxygen atoms in total. The lowest BCUT2D eigenvalue weighted by Crippen LogP contribution is -1.92. The van der Waals surface area contributed by atoms with Crippen LogP contribution in [0.5, 0.6) is 11.5 Å². The molecule has 0 aliphatic heterocycles. The SMILES string of the molecule is COc1cc(/C=C(/C#N)c2nc(-c3cccs3)cs2)cc(Cl)c1OC. The van der Waals surface area contributed by atoms with Gasteiger partial charge in [0.2, 0.25) is 0 Å². The molecule has 2 aromatic heterocycles. The first-order chi connectivity index (χ1) is 12.2. The third-order valence-electron chi connectivity index (χ3n) is 3.40. The predicted molar refractivity (Wildman–Crippen MR) is 103 cm³/mol. The van der Waals surface area contributed by atoms with Crippen LogP contribution in [0.1, 0.15) is 10.6 Å². The fourth-order valence-electron chi connectivity index (χ4n) is 2.26. The van der Waals surface area contributed by atoms with Crippen LogP contribution in [-0.2, 0) is 0 Å². The van der Waals surface area contributed by atoms with E-state index < -0.39 is 0 Å². The minimum atomic E-state index is 0.420. The monoisotopic (exact) mass is 388 g/mol. The van der Waals surface area contributed by atoms with Crippen LogP contribution in [0.4, 0.5) is 0 Å². The molecule has 0 N–H and O–H groups in total. The number of thiophene rings is 1. The fourth-order valence-corrected chi connectivity index (χ4v) is 4.11. The van der Waals surface area contributed by atoms with E-state index in [1.165, 1.54) is 18.4 Å². The van der Waals surface area contributed by atoms with Crippen molar-refractivity contribution in [2.24, 2.45) is 0 Å². The molecular formula is C18H13ClN2O2S2. The first-order valence-electron chi connectivity index (χ1n) is 7.19. The summed E-state index contributed by atoms with van der Waals surface area (Å²) in [5, 5.41) is 14.6. The zero-order chi connectivity index (χ0) is 17.8. The maximum Gasteiger partial charge on any atom is 0.179 e. The van der Waals surface area contributed by atoms with Crippen LogP contribution in [-0.4, -0.2) is 19.2 Å². The second-order valence-electron chi connectivity index (χ2n) is 4.92. The molecule has 0 atom stereocenters. The van der Waals surface area contributed by atoms with Gasteiger partial charge in [-0.1, -0.05) is 17.7 Å². The van der Waals surface area contributed by atoms with Gasteiger partial charge in [0, 0.05) is 5.38 Å². The van der Waals surface area contributed by atoms with Crippen molar-refractivity contribution in [3.05, 3.63) is 50.6 Å². The number of rotatable bonds is 5. The number of halogens is 1. The molecule has 0 radical (unpaired) electrons. The van der Waals surface area contributed by atoms with Gasteiger partial charge in [-0.3, -0.25) is 0 Å². The minimum absolute atomic E-state index is 0.420. The Morgan fingerprint density at radius 3 is 2.76 bits per heavy atom. The summed E-state index contributed by atoms with van der Waals surface area (Å²) in [4.78, 5) is 5.65. The Balaban J connectivity index is 1.99. The molecule has 0 saturated heterocycles. The Morgan fingerprint density at radius 2 is 2.12 bits per heavy atom. The highest BCUT2D eigenvalue weighted by molar-refractivity contribution is 7.14. The van der Waals surface area contributed by atoms with Gasteiger partial charge in [-0.15, -0.1) is 22.7 Å². The molecule has 2 heterocycles. The van der Waals surface area contributed by atoms with Crippen LogP contribution in [0, 0.1) is 11.3 Å². The topological polar surface area (TPSA) is 55.1 Å².